The molecule has 1 fully saturated rings. The molecule has 1 saturated heterocycles. The zero-order valence-electron chi connectivity index (χ0n) is 14.1. The van der Waals surface area contributed by atoms with Gasteiger partial charge >= 0.3 is 0 Å². The molecule has 0 radical (unpaired) electrons. The van der Waals surface area contributed by atoms with Crippen molar-refractivity contribution in [2.75, 3.05) is 18.0 Å². The number of rotatable bonds is 5. The van der Waals surface area contributed by atoms with E-state index in [0.29, 0.717) is 30.1 Å². The van der Waals surface area contributed by atoms with Crippen molar-refractivity contribution in [3.8, 4) is 11.7 Å². The van der Waals surface area contributed by atoms with E-state index in [0.717, 1.165) is 37.4 Å². The molecular formula is C17H20N6O2. The Balaban J connectivity index is 1.34. The molecule has 0 spiro atoms. The van der Waals surface area contributed by atoms with Crippen LogP contribution < -0.4 is 10.2 Å². The largest absolute Gasteiger partial charge is 0.459 e. The van der Waals surface area contributed by atoms with Gasteiger partial charge in [0.2, 0.25) is 5.89 Å². The number of aromatic nitrogens is 4. The summed E-state index contributed by atoms with van der Waals surface area (Å²) < 4.78 is 10.9. The van der Waals surface area contributed by atoms with Crippen molar-refractivity contribution in [3.63, 3.8) is 0 Å². The summed E-state index contributed by atoms with van der Waals surface area (Å²) >= 11 is 0. The van der Waals surface area contributed by atoms with Crippen LogP contribution in [0.4, 0.5) is 5.82 Å². The normalized spacial score (nSPS) is 17.8. The van der Waals surface area contributed by atoms with Gasteiger partial charge in [-0.25, -0.2) is 0 Å². The Labute approximate surface area is 145 Å². The Hall–Kier alpha value is -2.74. The van der Waals surface area contributed by atoms with Crippen molar-refractivity contribution in [1.29, 1.82) is 0 Å². The third-order valence-corrected chi connectivity index (χ3v) is 4.27. The van der Waals surface area contributed by atoms with Gasteiger partial charge in [-0.05, 0) is 44.0 Å². The standard InChI is InChI=1S/C17H20N6O2/c1-12-6-7-15(20-19-12)23-8-2-4-13(11-23)18-10-16-21-22-17(25-16)14-5-3-9-24-14/h3,5-7,9,13,18H,2,4,8,10-11H2,1H3/t13-/m0/s1. The Kier molecular flexibility index (Phi) is 4.43. The van der Waals surface area contributed by atoms with Crippen LogP contribution in [-0.2, 0) is 6.54 Å². The second-order valence-corrected chi connectivity index (χ2v) is 6.18. The highest BCUT2D eigenvalue weighted by Gasteiger charge is 2.21. The third kappa shape index (κ3) is 3.69. The Morgan fingerprint density at radius 3 is 2.96 bits per heavy atom. The average molecular weight is 340 g/mol. The van der Waals surface area contributed by atoms with Crippen LogP contribution in [0, 0.1) is 6.92 Å². The first-order chi connectivity index (χ1) is 12.3. The minimum Gasteiger partial charge on any atom is -0.459 e. The average Bonchev–Trinajstić information content (AvgIpc) is 3.32. The summed E-state index contributed by atoms with van der Waals surface area (Å²) in [5.74, 6) is 2.47. The molecule has 0 bridgehead atoms. The molecule has 4 heterocycles. The molecule has 3 aromatic rings. The maximum atomic E-state index is 5.63. The van der Waals surface area contributed by atoms with Crippen molar-refractivity contribution in [2.45, 2.75) is 32.4 Å². The van der Waals surface area contributed by atoms with Gasteiger partial charge in [0.1, 0.15) is 0 Å². The quantitative estimate of drug-likeness (QED) is 0.755. The zero-order valence-corrected chi connectivity index (χ0v) is 14.1. The molecule has 4 rings (SSSR count). The lowest BCUT2D eigenvalue weighted by Gasteiger charge is -2.33. The Morgan fingerprint density at radius 2 is 2.16 bits per heavy atom. The second-order valence-electron chi connectivity index (χ2n) is 6.18. The van der Waals surface area contributed by atoms with Crippen molar-refractivity contribution in [2.24, 2.45) is 0 Å². The molecule has 1 aliphatic rings. The molecule has 0 unspecified atom stereocenters. The van der Waals surface area contributed by atoms with Gasteiger partial charge in [-0.15, -0.1) is 15.3 Å². The van der Waals surface area contributed by atoms with Crippen molar-refractivity contribution in [3.05, 3.63) is 42.1 Å². The number of piperidine rings is 1. The highest BCUT2D eigenvalue weighted by molar-refractivity contribution is 5.42. The maximum absolute atomic E-state index is 5.63. The molecule has 8 nitrogen and oxygen atoms in total. The number of furan rings is 1. The van der Waals surface area contributed by atoms with E-state index in [1.165, 1.54) is 0 Å². The fourth-order valence-electron chi connectivity index (χ4n) is 2.97. The number of hydrogen-bond donors (Lipinski definition) is 1. The fraction of sp³-hybridized carbons (Fsp3) is 0.412. The van der Waals surface area contributed by atoms with Gasteiger partial charge < -0.3 is 19.1 Å². The second kappa shape index (κ2) is 7.02. The van der Waals surface area contributed by atoms with E-state index in [2.05, 4.69) is 30.6 Å². The molecule has 25 heavy (non-hydrogen) atoms. The van der Waals surface area contributed by atoms with Gasteiger partial charge in [-0.2, -0.15) is 5.10 Å². The molecule has 1 aliphatic heterocycles. The summed E-state index contributed by atoms with van der Waals surface area (Å²) in [6, 6.07) is 7.96. The third-order valence-electron chi connectivity index (χ3n) is 4.27. The van der Waals surface area contributed by atoms with Gasteiger partial charge in [0.15, 0.2) is 11.6 Å². The lowest BCUT2D eigenvalue weighted by atomic mass is 10.1. The number of anilines is 1. The molecule has 0 amide bonds. The first-order valence-electron chi connectivity index (χ1n) is 8.43. The van der Waals surface area contributed by atoms with Gasteiger partial charge in [0, 0.05) is 19.1 Å². The van der Waals surface area contributed by atoms with E-state index >= 15 is 0 Å². The van der Waals surface area contributed by atoms with Crippen molar-refractivity contribution < 1.29 is 8.83 Å². The van der Waals surface area contributed by atoms with Gasteiger partial charge in [-0.3, -0.25) is 0 Å². The van der Waals surface area contributed by atoms with Gasteiger partial charge in [0.25, 0.3) is 5.89 Å². The summed E-state index contributed by atoms with van der Waals surface area (Å²) in [5.41, 5.74) is 0.930. The molecular weight excluding hydrogens is 320 g/mol. The van der Waals surface area contributed by atoms with Crippen LogP contribution in [0.3, 0.4) is 0 Å². The van der Waals surface area contributed by atoms with Crippen LogP contribution in [0.1, 0.15) is 24.4 Å². The summed E-state index contributed by atoms with van der Waals surface area (Å²) in [7, 11) is 0. The summed E-state index contributed by atoms with van der Waals surface area (Å²) in [6.07, 6.45) is 3.80. The molecule has 130 valence electrons. The van der Waals surface area contributed by atoms with Crippen molar-refractivity contribution in [1.82, 2.24) is 25.7 Å². The highest BCUT2D eigenvalue weighted by Crippen LogP contribution is 2.19. The summed E-state index contributed by atoms with van der Waals surface area (Å²) in [5, 5.41) is 20.0. The SMILES string of the molecule is Cc1ccc(N2CCC[C@H](NCc3nnc(-c4ccco4)o3)C2)nn1. The highest BCUT2D eigenvalue weighted by atomic mass is 16.4. The first kappa shape index (κ1) is 15.8. The van der Waals surface area contributed by atoms with E-state index in [9.17, 15) is 0 Å². The first-order valence-corrected chi connectivity index (χ1v) is 8.43. The molecule has 1 atom stereocenters. The predicted molar refractivity (Wildman–Crippen MR) is 90.8 cm³/mol. The van der Waals surface area contributed by atoms with Crippen LogP contribution in [0.15, 0.2) is 39.4 Å². The molecule has 8 heteroatoms. The number of nitrogens with one attached hydrogen (secondary N) is 1. The molecule has 1 N–H and O–H groups in total. The number of nitrogens with zero attached hydrogens (tertiary/aromatic N) is 5. The minimum atomic E-state index is 0.343. The van der Waals surface area contributed by atoms with Crippen LogP contribution in [-0.4, -0.2) is 39.5 Å². The number of hydrogen-bond acceptors (Lipinski definition) is 8. The molecule has 0 saturated carbocycles. The van der Waals surface area contributed by atoms with Gasteiger partial charge in [0.05, 0.1) is 18.5 Å². The van der Waals surface area contributed by atoms with Crippen molar-refractivity contribution >= 4 is 5.82 Å². The summed E-state index contributed by atoms with van der Waals surface area (Å²) in [4.78, 5) is 2.26. The van der Waals surface area contributed by atoms with Gasteiger partial charge in [-0.1, -0.05) is 0 Å². The molecule has 3 aromatic heterocycles. The van der Waals surface area contributed by atoms with Crippen LogP contribution >= 0.6 is 0 Å². The van der Waals surface area contributed by atoms with Crippen LogP contribution in [0.5, 0.6) is 0 Å². The lowest BCUT2D eigenvalue weighted by Crippen LogP contribution is -2.45. The summed E-state index contributed by atoms with van der Waals surface area (Å²) in [6.45, 7) is 4.36. The minimum absolute atomic E-state index is 0.343. The van der Waals surface area contributed by atoms with E-state index in [4.69, 9.17) is 8.83 Å². The van der Waals surface area contributed by atoms with E-state index < -0.39 is 0 Å². The lowest BCUT2D eigenvalue weighted by molar-refractivity contribution is 0.388. The maximum Gasteiger partial charge on any atom is 0.283 e. The molecule has 0 aromatic carbocycles. The van der Waals surface area contributed by atoms with E-state index in [1.54, 1.807) is 18.4 Å². The zero-order chi connectivity index (χ0) is 17.1. The Bertz CT molecular complexity index is 799. The van der Waals surface area contributed by atoms with E-state index in [1.807, 2.05) is 19.1 Å². The predicted octanol–water partition coefficient (Wildman–Crippen LogP) is 2.19. The number of aryl methyl sites for hydroxylation is 1. The topological polar surface area (TPSA) is 93.1 Å². The van der Waals surface area contributed by atoms with E-state index in [-0.39, 0.29) is 0 Å². The van der Waals surface area contributed by atoms with Crippen LogP contribution in [0.25, 0.3) is 11.7 Å². The van der Waals surface area contributed by atoms with Crippen LogP contribution in [0.2, 0.25) is 0 Å². The molecule has 0 aliphatic carbocycles. The smallest absolute Gasteiger partial charge is 0.283 e. The Morgan fingerprint density at radius 1 is 1.20 bits per heavy atom. The monoisotopic (exact) mass is 340 g/mol. The fourth-order valence-corrected chi connectivity index (χ4v) is 2.97.